The molecule has 0 unspecified atom stereocenters. The topological polar surface area (TPSA) is 59.7 Å². The Labute approximate surface area is 123 Å². The van der Waals surface area contributed by atoms with Crippen molar-refractivity contribution in [3.8, 4) is 0 Å². The van der Waals surface area contributed by atoms with Crippen LogP contribution < -0.4 is 0 Å². The van der Waals surface area contributed by atoms with Gasteiger partial charge in [0.1, 0.15) is 5.82 Å². The SMILES string of the molecule is CCOC(=O)N1CC=C(c2cccn3nc(C)nc23)CC1. The van der Waals surface area contributed by atoms with E-state index in [1.165, 1.54) is 5.57 Å². The van der Waals surface area contributed by atoms with Crippen LogP contribution in [0.3, 0.4) is 0 Å². The first-order valence-electron chi connectivity index (χ1n) is 7.12. The highest BCUT2D eigenvalue weighted by molar-refractivity contribution is 5.78. The Hall–Kier alpha value is -2.37. The number of rotatable bonds is 2. The molecule has 0 spiro atoms. The number of carbonyl (C=O) groups is 1. The number of ether oxygens (including phenoxy) is 1. The minimum Gasteiger partial charge on any atom is -0.450 e. The van der Waals surface area contributed by atoms with Crippen LogP contribution in [-0.2, 0) is 4.74 Å². The van der Waals surface area contributed by atoms with E-state index in [-0.39, 0.29) is 6.09 Å². The Balaban J connectivity index is 1.86. The van der Waals surface area contributed by atoms with Crippen LogP contribution >= 0.6 is 0 Å². The largest absolute Gasteiger partial charge is 0.450 e. The third-order valence-corrected chi connectivity index (χ3v) is 3.55. The lowest BCUT2D eigenvalue weighted by Gasteiger charge is -2.25. The van der Waals surface area contributed by atoms with Gasteiger partial charge < -0.3 is 9.64 Å². The van der Waals surface area contributed by atoms with E-state index < -0.39 is 0 Å². The van der Waals surface area contributed by atoms with Gasteiger partial charge in [0.2, 0.25) is 0 Å². The van der Waals surface area contributed by atoms with Gasteiger partial charge in [-0.2, -0.15) is 5.10 Å². The summed E-state index contributed by atoms with van der Waals surface area (Å²) in [6.07, 6.45) is 4.52. The van der Waals surface area contributed by atoms with Gasteiger partial charge in [-0.15, -0.1) is 0 Å². The second-order valence-corrected chi connectivity index (χ2v) is 4.97. The van der Waals surface area contributed by atoms with Gasteiger partial charge in [0.15, 0.2) is 5.65 Å². The quantitative estimate of drug-likeness (QED) is 0.850. The molecule has 6 nitrogen and oxygen atoms in total. The van der Waals surface area contributed by atoms with Gasteiger partial charge in [-0.25, -0.2) is 14.3 Å². The molecule has 3 rings (SSSR count). The zero-order valence-corrected chi connectivity index (χ0v) is 12.2. The van der Waals surface area contributed by atoms with Crippen molar-refractivity contribution in [2.45, 2.75) is 20.3 Å². The molecule has 3 heterocycles. The number of pyridine rings is 1. The predicted molar refractivity (Wildman–Crippen MR) is 78.9 cm³/mol. The van der Waals surface area contributed by atoms with Crippen molar-refractivity contribution >= 4 is 17.3 Å². The molecule has 0 fully saturated rings. The average molecular weight is 286 g/mol. The number of amides is 1. The number of hydrogen-bond donors (Lipinski definition) is 0. The van der Waals surface area contributed by atoms with E-state index in [0.717, 1.165) is 23.5 Å². The van der Waals surface area contributed by atoms with Gasteiger partial charge in [-0.05, 0) is 38.0 Å². The molecule has 0 saturated heterocycles. The van der Waals surface area contributed by atoms with Gasteiger partial charge in [-0.3, -0.25) is 0 Å². The third-order valence-electron chi connectivity index (χ3n) is 3.55. The molecule has 0 radical (unpaired) electrons. The highest BCUT2D eigenvalue weighted by Gasteiger charge is 2.20. The molecule has 0 aliphatic carbocycles. The molecule has 1 amide bonds. The predicted octanol–water partition coefficient (Wildman–Crippen LogP) is 2.28. The Morgan fingerprint density at radius 1 is 1.48 bits per heavy atom. The monoisotopic (exact) mass is 286 g/mol. The Morgan fingerprint density at radius 3 is 3.05 bits per heavy atom. The zero-order chi connectivity index (χ0) is 14.8. The molecular weight excluding hydrogens is 268 g/mol. The van der Waals surface area contributed by atoms with Crippen molar-refractivity contribution in [1.82, 2.24) is 19.5 Å². The molecule has 1 aliphatic heterocycles. The number of hydrogen-bond acceptors (Lipinski definition) is 4. The summed E-state index contributed by atoms with van der Waals surface area (Å²) >= 11 is 0. The van der Waals surface area contributed by atoms with Crippen molar-refractivity contribution in [1.29, 1.82) is 0 Å². The molecule has 6 heteroatoms. The molecule has 0 saturated carbocycles. The number of aromatic nitrogens is 3. The van der Waals surface area contributed by atoms with Crippen LogP contribution in [0.1, 0.15) is 24.7 Å². The standard InChI is InChI=1S/C15H18N4O2/c1-3-21-15(20)18-9-6-12(7-10-18)13-5-4-8-19-14(13)16-11(2)17-19/h4-6,8H,3,7,9-10H2,1-2H3. The molecule has 1 aliphatic rings. The van der Waals surface area contributed by atoms with Crippen LogP contribution in [0, 0.1) is 6.92 Å². The van der Waals surface area contributed by atoms with Crippen LogP contribution in [0.4, 0.5) is 4.79 Å². The van der Waals surface area contributed by atoms with Gasteiger partial charge in [0.05, 0.1) is 6.61 Å². The zero-order valence-electron chi connectivity index (χ0n) is 12.2. The second-order valence-electron chi connectivity index (χ2n) is 4.97. The highest BCUT2D eigenvalue weighted by Crippen LogP contribution is 2.25. The first-order valence-corrected chi connectivity index (χ1v) is 7.12. The van der Waals surface area contributed by atoms with E-state index in [2.05, 4.69) is 22.2 Å². The summed E-state index contributed by atoms with van der Waals surface area (Å²) in [5.74, 6) is 0.756. The first-order chi connectivity index (χ1) is 10.2. The van der Waals surface area contributed by atoms with Crippen molar-refractivity contribution < 1.29 is 9.53 Å². The Kier molecular flexibility index (Phi) is 3.60. The fraction of sp³-hybridized carbons (Fsp3) is 0.400. The fourth-order valence-electron chi connectivity index (χ4n) is 2.56. The fourth-order valence-corrected chi connectivity index (χ4v) is 2.56. The second kappa shape index (κ2) is 5.55. The van der Waals surface area contributed by atoms with E-state index >= 15 is 0 Å². The number of aryl methyl sites for hydroxylation is 1. The third kappa shape index (κ3) is 2.61. The maximum atomic E-state index is 11.7. The van der Waals surface area contributed by atoms with Crippen LogP contribution in [0.5, 0.6) is 0 Å². The number of nitrogens with zero attached hydrogens (tertiary/aromatic N) is 4. The lowest BCUT2D eigenvalue weighted by molar-refractivity contribution is 0.111. The van der Waals surface area contributed by atoms with Crippen molar-refractivity contribution in [2.75, 3.05) is 19.7 Å². The van der Waals surface area contributed by atoms with E-state index in [0.29, 0.717) is 19.7 Å². The molecule has 0 atom stereocenters. The molecule has 2 aromatic heterocycles. The van der Waals surface area contributed by atoms with Gasteiger partial charge in [-0.1, -0.05) is 6.08 Å². The van der Waals surface area contributed by atoms with Crippen molar-refractivity contribution in [3.63, 3.8) is 0 Å². The van der Waals surface area contributed by atoms with E-state index in [9.17, 15) is 4.79 Å². The molecule has 0 aromatic carbocycles. The number of carbonyl (C=O) groups excluding carboxylic acids is 1. The van der Waals surface area contributed by atoms with Crippen molar-refractivity contribution in [3.05, 3.63) is 35.8 Å². The van der Waals surface area contributed by atoms with Crippen LogP contribution in [-0.4, -0.2) is 45.3 Å². The highest BCUT2D eigenvalue weighted by atomic mass is 16.6. The molecular formula is C15H18N4O2. The van der Waals surface area contributed by atoms with Gasteiger partial charge in [0, 0.05) is 24.8 Å². The molecule has 2 aromatic rings. The lowest BCUT2D eigenvalue weighted by atomic mass is 10.0. The summed E-state index contributed by atoms with van der Waals surface area (Å²) < 4.78 is 6.82. The van der Waals surface area contributed by atoms with E-state index in [1.54, 1.807) is 9.42 Å². The Morgan fingerprint density at radius 2 is 2.33 bits per heavy atom. The molecule has 21 heavy (non-hydrogen) atoms. The average Bonchev–Trinajstić information content (AvgIpc) is 2.87. The minimum absolute atomic E-state index is 0.246. The van der Waals surface area contributed by atoms with Crippen LogP contribution in [0.2, 0.25) is 0 Å². The smallest absolute Gasteiger partial charge is 0.410 e. The maximum absolute atomic E-state index is 11.7. The summed E-state index contributed by atoms with van der Waals surface area (Å²) in [5.41, 5.74) is 3.15. The first kappa shape index (κ1) is 13.6. The van der Waals surface area contributed by atoms with Gasteiger partial charge >= 0.3 is 6.09 Å². The normalized spacial score (nSPS) is 15.1. The summed E-state index contributed by atoms with van der Waals surface area (Å²) in [6, 6.07) is 4.02. The lowest BCUT2D eigenvalue weighted by Crippen LogP contribution is -2.35. The van der Waals surface area contributed by atoms with E-state index in [1.807, 2.05) is 26.1 Å². The van der Waals surface area contributed by atoms with Crippen molar-refractivity contribution in [2.24, 2.45) is 0 Å². The van der Waals surface area contributed by atoms with E-state index in [4.69, 9.17) is 4.74 Å². The summed E-state index contributed by atoms with van der Waals surface area (Å²) in [5, 5.41) is 4.33. The number of fused-ring (bicyclic) bond motifs is 1. The molecule has 110 valence electrons. The van der Waals surface area contributed by atoms with Crippen LogP contribution in [0.25, 0.3) is 11.2 Å². The van der Waals surface area contributed by atoms with Gasteiger partial charge in [0.25, 0.3) is 0 Å². The van der Waals surface area contributed by atoms with Crippen LogP contribution in [0.15, 0.2) is 24.4 Å². The maximum Gasteiger partial charge on any atom is 0.410 e. The summed E-state index contributed by atoms with van der Waals surface area (Å²) in [4.78, 5) is 17.9. The Bertz CT molecular complexity index is 705. The molecule has 0 bridgehead atoms. The minimum atomic E-state index is -0.246. The summed E-state index contributed by atoms with van der Waals surface area (Å²) in [7, 11) is 0. The summed E-state index contributed by atoms with van der Waals surface area (Å²) in [6.45, 7) is 5.34. The molecule has 0 N–H and O–H groups in total.